The Balaban J connectivity index is 2.92. The summed E-state index contributed by atoms with van der Waals surface area (Å²) in [4.78, 5) is 8.40. The predicted octanol–water partition coefficient (Wildman–Crippen LogP) is 1.73. The molecule has 0 aromatic carbocycles. The van der Waals surface area contributed by atoms with Gasteiger partial charge in [0.1, 0.15) is 5.52 Å². The van der Waals surface area contributed by atoms with E-state index in [1.165, 1.54) is 0 Å². The van der Waals surface area contributed by atoms with Crippen LogP contribution in [0.4, 0.5) is 0 Å². The molecule has 2 rings (SSSR count). The molecular weight excluding hydrogens is 206 g/mol. The van der Waals surface area contributed by atoms with E-state index >= 15 is 0 Å². The number of aromatic nitrogens is 3. The van der Waals surface area contributed by atoms with Crippen LogP contribution in [0.25, 0.3) is 11.2 Å². The van der Waals surface area contributed by atoms with Gasteiger partial charge in [-0.3, -0.25) is 0 Å². The van der Waals surface area contributed by atoms with E-state index in [0.717, 1.165) is 15.9 Å². The van der Waals surface area contributed by atoms with Crippen LogP contribution in [-0.2, 0) is 7.05 Å². The Morgan fingerprint density at radius 3 is 3.09 bits per heavy atom. The molecule has 0 bridgehead atoms. The van der Waals surface area contributed by atoms with Gasteiger partial charge in [-0.15, -0.1) is 0 Å². The SMILES string of the molecule is Cn1c(Br)nc2cccnc21. The minimum absolute atomic E-state index is 0.811. The number of hydrogen-bond acceptors (Lipinski definition) is 2. The van der Waals surface area contributed by atoms with Gasteiger partial charge in [-0.1, -0.05) is 0 Å². The van der Waals surface area contributed by atoms with Crippen molar-refractivity contribution in [3.05, 3.63) is 23.1 Å². The average molecular weight is 212 g/mol. The van der Waals surface area contributed by atoms with Gasteiger partial charge < -0.3 is 4.57 Å². The molecule has 3 nitrogen and oxygen atoms in total. The Labute approximate surface area is 72.2 Å². The molecular formula is C7H6BrN3. The normalized spacial score (nSPS) is 10.7. The number of pyridine rings is 1. The number of halogens is 1. The van der Waals surface area contributed by atoms with Crippen LogP contribution in [0.1, 0.15) is 0 Å². The second kappa shape index (κ2) is 2.30. The molecule has 0 radical (unpaired) electrons. The third-order valence-electron chi connectivity index (χ3n) is 1.57. The topological polar surface area (TPSA) is 30.7 Å². The van der Waals surface area contributed by atoms with Crippen molar-refractivity contribution in [3.8, 4) is 0 Å². The minimum Gasteiger partial charge on any atom is -0.306 e. The Hall–Kier alpha value is -0.900. The van der Waals surface area contributed by atoms with E-state index in [2.05, 4.69) is 25.9 Å². The molecule has 2 heterocycles. The lowest BCUT2D eigenvalue weighted by Crippen LogP contribution is -1.88. The van der Waals surface area contributed by atoms with Crippen molar-refractivity contribution in [1.29, 1.82) is 0 Å². The molecule has 56 valence electrons. The highest BCUT2D eigenvalue weighted by molar-refractivity contribution is 9.10. The first-order valence-corrected chi connectivity index (χ1v) is 4.01. The molecule has 0 spiro atoms. The average Bonchev–Trinajstić information content (AvgIpc) is 2.30. The van der Waals surface area contributed by atoms with Crippen LogP contribution in [0.15, 0.2) is 23.1 Å². The van der Waals surface area contributed by atoms with E-state index < -0.39 is 0 Å². The van der Waals surface area contributed by atoms with Crippen molar-refractivity contribution in [3.63, 3.8) is 0 Å². The number of aryl methyl sites for hydroxylation is 1. The highest BCUT2D eigenvalue weighted by Gasteiger charge is 2.03. The number of rotatable bonds is 0. The molecule has 0 amide bonds. The molecule has 11 heavy (non-hydrogen) atoms. The lowest BCUT2D eigenvalue weighted by Gasteiger charge is -1.91. The van der Waals surface area contributed by atoms with Crippen molar-refractivity contribution in [2.75, 3.05) is 0 Å². The van der Waals surface area contributed by atoms with Crippen LogP contribution in [0.5, 0.6) is 0 Å². The smallest absolute Gasteiger partial charge is 0.179 e. The molecule has 2 aromatic rings. The maximum Gasteiger partial charge on any atom is 0.179 e. The molecule has 0 saturated heterocycles. The third kappa shape index (κ3) is 0.939. The maximum absolute atomic E-state index is 4.23. The number of nitrogens with zero attached hydrogens (tertiary/aromatic N) is 3. The Bertz CT molecular complexity index is 393. The molecule has 4 heteroatoms. The van der Waals surface area contributed by atoms with Crippen molar-refractivity contribution in [2.45, 2.75) is 0 Å². The molecule has 0 unspecified atom stereocenters. The summed E-state index contributed by atoms with van der Waals surface area (Å²) in [7, 11) is 1.92. The van der Waals surface area contributed by atoms with Crippen molar-refractivity contribution in [1.82, 2.24) is 14.5 Å². The molecule has 0 atom stereocenters. The molecule has 0 N–H and O–H groups in total. The van der Waals surface area contributed by atoms with E-state index in [-0.39, 0.29) is 0 Å². The molecule has 0 aliphatic heterocycles. The first kappa shape index (κ1) is 6.79. The van der Waals surface area contributed by atoms with Crippen molar-refractivity contribution in [2.24, 2.45) is 7.05 Å². The summed E-state index contributed by atoms with van der Waals surface area (Å²) in [6.07, 6.45) is 1.76. The van der Waals surface area contributed by atoms with Crippen LogP contribution in [0, 0.1) is 0 Å². The van der Waals surface area contributed by atoms with E-state index in [9.17, 15) is 0 Å². The number of fused-ring (bicyclic) bond motifs is 1. The summed E-state index contributed by atoms with van der Waals surface area (Å²) < 4.78 is 2.71. The van der Waals surface area contributed by atoms with Gasteiger partial charge in [-0.25, -0.2) is 9.97 Å². The fourth-order valence-corrected chi connectivity index (χ4v) is 1.35. The van der Waals surface area contributed by atoms with Crippen LogP contribution in [0.2, 0.25) is 0 Å². The second-order valence-electron chi connectivity index (χ2n) is 2.29. The summed E-state index contributed by atoms with van der Waals surface area (Å²) >= 11 is 3.32. The maximum atomic E-state index is 4.23. The van der Waals surface area contributed by atoms with Gasteiger partial charge >= 0.3 is 0 Å². The highest BCUT2D eigenvalue weighted by Crippen LogP contribution is 2.15. The monoisotopic (exact) mass is 211 g/mol. The third-order valence-corrected chi connectivity index (χ3v) is 2.28. The van der Waals surface area contributed by atoms with E-state index in [0.29, 0.717) is 0 Å². The van der Waals surface area contributed by atoms with Gasteiger partial charge in [-0.2, -0.15) is 0 Å². The van der Waals surface area contributed by atoms with Gasteiger partial charge in [0.05, 0.1) is 0 Å². The summed E-state index contributed by atoms with van der Waals surface area (Å²) in [5.74, 6) is 0. The predicted molar refractivity (Wildman–Crippen MR) is 46.2 cm³/mol. The summed E-state index contributed by atoms with van der Waals surface area (Å²) in [5, 5.41) is 0. The van der Waals surface area contributed by atoms with Crippen LogP contribution >= 0.6 is 15.9 Å². The van der Waals surface area contributed by atoms with E-state index in [1.807, 2.05) is 23.7 Å². The van der Waals surface area contributed by atoms with Crippen molar-refractivity contribution < 1.29 is 0 Å². The van der Waals surface area contributed by atoms with E-state index in [4.69, 9.17) is 0 Å². The summed E-state index contributed by atoms with van der Waals surface area (Å²) in [5.41, 5.74) is 1.82. The standard InChI is InChI=1S/C7H6BrN3/c1-11-6-5(10-7(11)8)3-2-4-9-6/h2-4H,1H3. The molecule has 0 fully saturated rings. The van der Waals surface area contributed by atoms with Crippen LogP contribution in [-0.4, -0.2) is 14.5 Å². The Morgan fingerprint density at radius 1 is 1.55 bits per heavy atom. The Morgan fingerprint density at radius 2 is 2.36 bits per heavy atom. The van der Waals surface area contributed by atoms with E-state index in [1.54, 1.807) is 6.20 Å². The zero-order chi connectivity index (χ0) is 7.84. The quantitative estimate of drug-likeness (QED) is 0.665. The van der Waals surface area contributed by atoms with Gasteiger partial charge in [-0.05, 0) is 28.1 Å². The van der Waals surface area contributed by atoms with Crippen LogP contribution in [0.3, 0.4) is 0 Å². The second-order valence-corrected chi connectivity index (χ2v) is 3.00. The molecule has 2 aromatic heterocycles. The zero-order valence-electron chi connectivity index (χ0n) is 5.95. The molecule has 0 saturated carbocycles. The lowest BCUT2D eigenvalue weighted by atomic mass is 10.4. The number of imidazole rings is 1. The first-order chi connectivity index (χ1) is 5.29. The van der Waals surface area contributed by atoms with Crippen LogP contribution < -0.4 is 0 Å². The Kier molecular flexibility index (Phi) is 1.42. The largest absolute Gasteiger partial charge is 0.306 e. The van der Waals surface area contributed by atoms with Gasteiger partial charge in [0, 0.05) is 13.2 Å². The summed E-state index contributed by atoms with van der Waals surface area (Å²) in [6, 6.07) is 3.81. The fraction of sp³-hybridized carbons (Fsp3) is 0.143. The highest BCUT2D eigenvalue weighted by atomic mass is 79.9. The minimum atomic E-state index is 0.811. The van der Waals surface area contributed by atoms with Crippen molar-refractivity contribution >= 4 is 27.1 Å². The molecule has 0 aliphatic rings. The number of hydrogen-bond donors (Lipinski definition) is 0. The summed E-state index contributed by atoms with van der Waals surface area (Å²) in [6.45, 7) is 0. The zero-order valence-corrected chi connectivity index (χ0v) is 7.54. The van der Waals surface area contributed by atoms with Gasteiger partial charge in [0.25, 0.3) is 0 Å². The lowest BCUT2D eigenvalue weighted by molar-refractivity contribution is 0.898. The first-order valence-electron chi connectivity index (χ1n) is 3.22. The molecule has 0 aliphatic carbocycles. The fourth-order valence-electron chi connectivity index (χ4n) is 0.996. The van der Waals surface area contributed by atoms with Gasteiger partial charge in [0.2, 0.25) is 0 Å². The van der Waals surface area contributed by atoms with Gasteiger partial charge in [0.15, 0.2) is 10.4 Å².